The second-order valence-corrected chi connectivity index (χ2v) is 4.16. The van der Waals surface area contributed by atoms with E-state index in [1.54, 1.807) is 18.2 Å². The molecule has 1 aliphatic heterocycles. The predicted octanol–water partition coefficient (Wildman–Crippen LogP) is 1.26. The van der Waals surface area contributed by atoms with Crippen LogP contribution in [0.15, 0.2) is 24.3 Å². The van der Waals surface area contributed by atoms with E-state index in [-0.39, 0.29) is 6.54 Å². The molecule has 0 radical (unpaired) electrons. The van der Waals surface area contributed by atoms with Crippen LogP contribution in [-0.2, 0) is 16.8 Å². The normalized spacial score (nSPS) is 15.9. The van der Waals surface area contributed by atoms with Crippen molar-refractivity contribution < 1.29 is 12.3 Å². The minimum Gasteiger partial charge on any atom is -0.243 e. The highest BCUT2D eigenvalue weighted by atomic mass is 32.3. The van der Waals surface area contributed by atoms with Gasteiger partial charge in [0.15, 0.2) is 0 Å². The van der Waals surface area contributed by atoms with Crippen LogP contribution in [0.5, 0.6) is 0 Å². The largest absolute Gasteiger partial charge is 0.399 e. The van der Waals surface area contributed by atoms with E-state index in [0.717, 1.165) is 9.87 Å². The van der Waals surface area contributed by atoms with Crippen LogP contribution < -0.4 is 4.31 Å². The molecule has 5 heteroatoms. The standard InChI is InChI=1S/C8H8FNO2S/c9-13(11,12)10-6-5-7-3-1-2-4-8(7)10/h1-4H,5-6H2. The Kier molecular flexibility index (Phi) is 1.76. The summed E-state index contributed by atoms with van der Waals surface area (Å²) < 4.78 is 34.8. The highest BCUT2D eigenvalue weighted by Gasteiger charge is 2.28. The lowest BCUT2D eigenvalue weighted by atomic mass is 10.2. The van der Waals surface area contributed by atoms with Gasteiger partial charge in [-0.2, -0.15) is 8.42 Å². The van der Waals surface area contributed by atoms with Gasteiger partial charge in [-0.15, -0.1) is 0 Å². The first-order chi connectivity index (χ1) is 6.09. The molecule has 1 aliphatic rings. The summed E-state index contributed by atoms with van der Waals surface area (Å²) in [7, 11) is -4.58. The molecule has 3 nitrogen and oxygen atoms in total. The molecule has 2 rings (SSSR count). The predicted molar refractivity (Wildman–Crippen MR) is 47.5 cm³/mol. The summed E-state index contributed by atoms with van der Waals surface area (Å²) in [6.07, 6.45) is 0.583. The first-order valence-electron chi connectivity index (χ1n) is 3.89. The van der Waals surface area contributed by atoms with Gasteiger partial charge in [-0.05, 0) is 18.1 Å². The van der Waals surface area contributed by atoms with Gasteiger partial charge in [-0.1, -0.05) is 22.1 Å². The van der Waals surface area contributed by atoms with E-state index in [4.69, 9.17) is 0 Å². The van der Waals surface area contributed by atoms with Gasteiger partial charge in [0, 0.05) is 6.54 Å². The first kappa shape index (κ1) is 8.50. The molecule has 0 amide bonds. The Balaban J connectivity index is 2.51. The molecule has 1 aromatic rings. The number of nitrogens with zero attached hydrogens (tertiary/aromatic N) is 1. The Morgan fingerprint density at radius 3 is 2.69 bits per heavy atom. The van der Waals surface area contributed by atoms with E-state index in [9.17, 15) is 12.3 Å². The molecule has 1 heterocycles. The molecule has 0 bridgehead atoms. The summed E-state index contributed by atoms with van der Waals surface area (Å²) in [4.78, 5) is 0. The zero-order chi connectivity index (χ0) is 9.47. The van der Waals surface area contributed by atoms with Gasteiger partial charge in [-0.25, -0.2) is 4.31 Å². The van der Waals surface area contributed by atoms with Gasteiger partial charge in [-0.3, -0.25) is 0 Å². The van der Waals surface area contributed by atoms with Crippen LogP contribution in [0.1, 0.15) is 5.56 Å². The Labute approximate surface area is 76.1 Å². The molecule has 0 aliphatic carbocycles. The van der Waals surface area contributed by atoms with E-state index in [2.05, 4.69) is 0 Å². The average Bonchev–Trinajstić information content (AvgIpc) is 2.45. The van der Waals surface area contributed by atoms with E-state index < -0.39 is 10.4 Å². The van der Waals surface area contributed by atoms with Crippen molar-refractivity contribution in [2.24, 2.45) is 0 Å². The zero-order valence-corrected chi connectivity index (χ0v) is 7.59. The zero-order valence-electron chi connectivity index (χ0n) is 6.77. The molecule has 0 fully saturated rings. The average molecular weight is 201 g/mol. The van der Waals surface area contributed by atoms with Crippen LogP contribution in [0.2, 0.25) is 0 Å². The lowest BCUT2D eigenvalue weighted by Crippen LogP contribution is -2.24. The highest BCUT2D eigenvalue weighted by molar-refractivity contribution is 7.87. The van der Waals surface area contributed by atoms with Crippen LogP contribution in [0, 0.1) is 0 Å². The molecule has 0 spiro atoms. The van der Waals surface area contributed by atoms with Crippen molar-refractivity contribution in [1.29, 1.82) is 0 Å². The van der Waals surface area contributed by atoms with Gasteiger partial charge in [0.25, 0.3) is 0 Å². The monoisotopic (exact) mass is 201 g/mol. The fourth-order valence-corrected chi connectivity index (χ4v) is 2.26. The summed E-state index contributed by atoms with van der Waals surface area (Å²) in [5.74, 6) is 0. The Morgan fingerprint density at radius 2 is 2.00 bits per heavy atom. The summed E-state index contributed by atoms with van der Waals surface area (Å²) >= 11 is 0. The van der Waals surface area contributed by atoms with Crippen molar-refractivity contribution in [1.82, 2.24) is 0 Å². The minimum absolute atomic E-state index is 0.207. The number of para-hydroxylation sites is 1. The molecular formula is C8H8FNO2S. The number of benzene rings is 1. The number of hydrogen-bond acceptors (Lipinski definition) is 2. The van der Waals surface area contributed by atoms with Gasteiger partial charge in [0.1, 0.15) is 0 Å². The quantitative estimate of drug-likeness (QED) is 0.641. The third-order valence-corrected chi connectivity index (χ3v) is 3.01. The third-order valence-electron chi connectivity index (χ3n) is 2.11. The maximum atomic E-state index is 12.7. The molecule has 0 atom stereocenters. The van der Waals surface area contributed by atoms with Crippen LogP contribution in [0.3, 0.4) is 0 Å². The number of rotatable bonds is 1. The van der Waals surface area contributed by atoms with Crippen molar-refractivity contribution >= 4 is 16.1 Å². The van der Waals surface area contributed by atoms with Gasteiger partial charge in [0.2, 0.25) is 0 Å². The summed E-state index contributed by atoms with van der Waals surface area (Å²) in [6.45, 7) is 0.207. The second kappa shape index (κ2) is 2.70. The molecule has 0 unspecified atom stereocenters. The lowest BCUT2D eigenvalue weighted by molar-refractivity contribution is 0.548. The smallest absolute Gasteiger partial charge is 0.243 e. The van der Waals surface area contributed by atoms with E-state index in [1.807, 2.05) is 6.07 Å². The van der Waals surface area contributed by atoms with E-state index >= 15 is 0 Å². The van der Waals surface area contributed by atoms with Crippen LogP contribution in [-0.4, -0.2) is 15.0 Å². The molecule has 1 aromatic carbocycles. The van der Waals surface area contributed by atoms with E-state index in [1.165, 1.54) is 0 Å². The molecule has 0 aromatic heterocycles. The molecule has 0 saturated carbocycles. The van der Waals surface area contributed by atoms with E-state index in [0.29, 0.717) is 12.1 Å². The van der Waals surface area contributed by atoms with Crippen molar-refractivity contribution in [3.8, 4) is 0 Å². The van der Waals surface area contributed by atoms with Crippen LogP contribution >= 0.6 is 0 Å². The Bertz CT molecular complexity index is 430. The summed E-state index contributed by atoms with van der Waals surface area (Å²) in [6, 6.07) is 6.93. The number of hydrogen-bond donors (Lipinski definition) is 0. The van der Waals surface area contributed by atoms with Crippen molar-refractivity contribution in [3.05, 3.63) is 29.8 Å². The third kappa shape index (κ3) is 1.39. The first-order valence-corrected chi connectivity index (χ1v) is 5.23. The van der Waals surface area contributed by atoms with Crippen molar-refractivity contribution in [3.63, 3.8) is 0 Å². The topological polar surface area (TPSA) is 37.4 Å². The fraction of sp³-hybridized carbons (Fsp3) is 0.250. The number of halogens is 1. The minimum atomic E-state index is -4.58. The molecular weight excluding hydrogens is 193 g/mol. The Hall–Kier alpha value is -1.10. The maximum absolute atomic E-state index is 12.7. The summed E-state index contributed by atoms with van der Waals surface area (Å²) in [5.41, 5.74) is 1.34. The van der Waals surface area contributed by atoms with Crippen LogP contribution in [0.25, 0.3) is 0 Å². The number of anilines is 1. The SMILES string of the molecule is O=S(=O)(F)N1CCc2ccccc21. The van der Waals surface area contributed by atoms with Crippen molar-refractivity contribution in [2.45, 2.75) is 6.42 Å². The molecule has 0 saturated heterocycles. The van der Waals surface area contributed by atoms with Gasteiger partial charge in [0.05, 0.1) is 5.69 Å². The fourth-order valence-electron chi connectivity index (χ4n) is 1.53. The molecule has 70 valence electrons. The summed E-state index contributed by atoms with van der Waals surface area (Å²) in [5, 5.41) is 0. The number of fused-ring (bicyclic) bond motifs is 1. The van der Waals surface area contributed by atoms with Gasteiger partial charge < -0.3 is 0 Å². The Morgan fingerprint density at radius 1 is 1.31 bits per heavy atom. The second-order valence-electron chi connectivity index (χ2n) is 2.89. The maximum Gasteiger partial charge on any atom is 0.399 e. The van der Waals surface area contributed by atoms with Crippen LogP contribution in [0.4, 0.5) is 9.57 Å². The van der Waals surface area contributed by atoms with Crippen molar-refractivity contribution in [2.75, 3.05) is 10.8 Å². The van der Waals surface area contributed by atoms with Gasteiger partial charge >= 0.3 is 10.4 Å². The molecule has 13 heavy (non-hydrogen) atoms. The molecule has 0 N–H and O–H groups in total. The highest BCUT2D eigenvalue weighted by Crippen LogP contribution is 2.29. The lowest BCUT2D eigenvalue weighted by Gasteiger charge is -2.12.